The van der Waals surface area contributed by atoms with Crippen molar-refractivity contribution in [1.29, 1.82) is 0 Å². The Bertz CT molecular complexity index is 937. The molecule has 0 unspecified atom stereocenters. The quantitative estimate of drug-likeness (QED) is 0.649. The van der Waals surface area contributed by atoms with E-state index in [1.165, 1.54) is 16.4 Å². The van der Waals surface area contributed by atoms with Crippen molar-refractivity contribution >= 4 is 27.6 Å². The van der Waals surface area contributed by atoms with Gasteiger partial charge >= 0.3 is 5.97 Å². The van der Waals surface area contributed by atoms with Crippen LogP contribution in [0.3, 0.4) is 0 Å². The lowest BCUT2D eigenvalue weighted by molar-refractivity contribution is 0.0338. The van der Waals surface area contributed by atoms with Gasteiger partial charge in [0.1, 0.15) is 6.10 Å². The van der Waals surface area contributed by atoms with Crippen molar-refractivity contribution < 1.29 is 17.9 Å². The van der Waals surface area contributed by atoms with Crippen LogP contribution < -0.4 is 0 Å². The van der Waals surface area contributed by atoms with Crippen molar-refractivity contribution in [2.24, 2.45) is 0 Å². The number of hydrogen-bond acceptors (Lipinski definition) is 4. The molecule has 2 aromatic rings. The summed E-state index contributed by atoms with van der Waals surface area (Å²) in [6.07, 6.45) is 3.25. The predicted octanol–water partition coefficient (Wildman–Crippen LogP) is 4.82. The summed E-state index contributed by atoms with van der Waals surface area (Å²) in [5.74, 6) is -0.583. The Kier molecular flexibility index (Phi) is 6.75. The molecule has 7 heteroatoms. The molecule has 150 valence electrons. The second-order valence-electron chi connectivity index (χ2n) is 6.92. The highest BCUT2D eigenvalue weighted by Gasteiger charge is 2.26. The highest BCUT2D eigenvalue weighted by Crippen LogP contribution is 2.27. The van der Waals surface area contributed by atoms with Crippen LogP contribution in [0.4, 0.5) is 0 Å². The van der Waals surface area contributed by atoms with Crippen LogP contribution in [-0.4, -0.2) is 31.8 Å². The number of benzene rings is 2. The molecule has 0 radical (unpaired) electrons. The normalized spacial score (nSPS) is 16.9. The lowest BCUT2D eigenvalue weighted by Crippen LogP contribution is -2.32. The Morgan fingerprint density at radius 2 is 1.71 bits per heavy atom. The predicted molar refractivity (Wildman–Crippen MR) is 109 cm³/mol. The second kappa shape index (κ2) is 9.07. The van der Waals surface area contributed by atoms with Gasteiger partial charge in [0.2, 0.25) is 10.0 Å². The molecular formula is C21H24ClNO4S. The third-order valence-electron chi connectivity index (χ3n) is 4.90. The van der Waals surface area contributed by atoms with E-state index in [1.807, 2.05) is 6.07 Å². The summed E-state index contributed by atoms with van der Waals surface area (Å²) in [6, 6.07) is 13.2. The standard InChI is InChI=1S/C21H24ClNO4S/c1-16(19-11-4-5-12-20(19)22)27-21(24)17-9-8-10-18(15-17)28(25,26)23-13-6-2-3-7-14-23/h4-5,8-12,15-16H,2-3,6-7,13-14H2,1H3/t16-/m0/s1. The van der Waals surface area contributed by atoms with Gasteiger partial charge < -0.3 is 4.74 Å². The monoisotopic (exact) mass is 421 g/mol. The number of hydrogen-bond donors (Lipinski definition) is 0. The molecule has 1 aliphatic heterocycles. The molecule has 0 N–H and O–H groups in total. The zero-order valence-corrected chi connectivity index (χ0v) is 17.4. The van der Waals surface area contributed by atoms with Gasteiger partial charge in [0.25, 0.3) is 0 Å². The van der Waals surface area contributed by atoms with E-state index >= 15 is 0 Å². The first-order chi connectivity index (χ1) is 13.4. The molecule has 0 amide bonds. The third-order valence-corrected chi connectivity index (χ3v) is 7.14. The van der Waals surface area contributed by atoms with Crippen molar-refractivity contribution in [2.75, 3.05) is 13.1 Å². The van der Waals surface area contributed by atoms with Crippen molar-refractivity contribution in [3.05, 3.63) is 64.7 Å². The molecule has 2 aromatic carbocycles. The van der Waals surface area contributed by atoms with Crippen LogP contribution in [0, 0.1) is 0 Å². The molecule has 0 aliphatic carbocycles. The van der Waals surface area contributed by atoms with Crippen molar-refractivity contribution in [3.8, 4) is 0 Å². The molecule has 28 heavy (non-hydrogen) atoms. The zero-order chi connectivity index (χ0) is 20.1. The second-order valence-corrected chi connectivity index (χ2v) is 9.26. The van der Waals surface area contributed by atoms with Gasteiger partial charge in [0.15, 0.2) is 0 Å². The molecule has 1 aliphatic rings. The lowest BCUT2D eigenvalue weighted by Gasteiger charge is -2.20. The van der Waals surface area contributed by atoms with E-state index in [2.05, 4.69) is 0 Å². The molecule has 0 aromatic heterocycles. The summed E-state index contributed by atoms with van der Waals surface area (Å²) in [5, 5.41) is 0.514. The average molecular weight is 422 g/mol. The number of halogens is 1. The van der Waals surface area contributed by atoms with Crippen LogP contribution in [0.15, 0.2) is 53.4 Å². The minimum absolute atomic E-state index is 0.120. The minimum atomic E-state index is -3.62. The Labute approximate surface area is 171 Å². The number of sulfonamides is 1. The molecule has 5 nitrogen and oxygen atoms in total. The molecule has 1 heterocycles. The van der Waals surface area contributed by atoms with E-state index in [4.69, 9.17) is 16.3 Å². The molecule has 0 bridgehead atoms. The van der Waals surface area contributed by atoms with Gasteiger partial charge in [0.05, 0.1) is 10.5 Å². The van der Waals surface area contributed by atoms with E-state index in [0.29, 0.717) is 23.7 Å². The first-order valence-corrected chi connectivity index (χ1v) is 11.3. The number of carbonyl (C=O) groups excluding carboxylic acids is 1. The van der Waals surface area contributed by atoms with Crippen LogP contribution in [-0.2, 0) is 14.8 Å². The molecule has 1 saturated heterocycles. The molecule has 1 atom stereocenters. The topological polar surface area (TPSA) is 63.7 Å². The van der Waals surface area contributed by atoms with Gasteiger partial charge in [-0.2, -0.15) is 4.31 Å². The third kappa shape index (κ3) is 4.74. The maximum absolute atomic E-state index is 13.0. The van der Waals surface area contributed by atoms with Crippen molar-refractivity contribution in [1.82, 2.24) is 4.31 Å². The molecular weight excluding hydrogens is 398 g/mol. The molecule has 3 rings (SSSR count). The Hall–Kier alpha value is -1.89. The highest BCUT2D eigenvalue weighted by molar-refractivity contribution is 7.89. The summed E-state index contributed by atoms with van der Waals surface area (Å²) >= 11 is 6.16. The molecule has 1 fully saturated rings. The van der Waals surface area contributed by atoms with Gasteiger partial charge in [-0.1, -0.05) is 48.7 Å². The van der Waals surface area contributed by atoms with Gasteiger partial charge in [0, 0.05) is 23.7 Å². The maximum Gasteiger partial charge on any atom is 0.338 e. The van der Waals surface area contributed by atoms with Gasteiger partial charge in [-0.25, -0.2) is 13.2 Å². The fourth-order valence-corrected chi connectivity index (χ4v) is 5.16. The van der Waals surface area contributed by atoms with E-state index in [1.54, 1.807) is 37.3 Å². The van der Waals surface area contributed by atoms with Crippen LogP contribution >= 0.6 is 11.6 Å². The minimum Gasteiger partial charge on any atom is -0.454 e. The summed E-state index contributed by atoms with van der Waals surface area (Å²) in [6.45, 7) is 2.76. The van der Waals surface area contributed by atoms with Crippen LogP contribution in [0.5, 0.6) is 0 Å². The number of carbonyl (C=O) groups is 1. The van der Waals surface area contributed by atoms with Crippen LogP contribution in [0.2, 0.25) is 5.02 Å². The van der Waals surface area contributed by atoms with E-state index in [-0.39, 0.29) is 10.5 Å². The van der Waals surface area contributed by atoms with Crippen molar-refractivity contribution in [2.45, 2.75) is 43.6 Å². The van der Waals surface area contributed by atoms with E-state index < -0.39 is 22.1 Å². The van der Waals surface area contributed by atoms with Crippen LogP contribution in [0.1, 0.15) is 54.6 Å². The Balaban J connectivity index is 1.78. The molecule has 0 saturated carbocycles. The van der Waals surface area contributed by atoms with Gasteiger partial charge in [-0.15, -0.1) is 0 Å². The van der Waals surface area contributed by atoms with E-state index in [9.17, 15) is 13.2 Å². The summed E-state index contributed by atoms with van der Waals surface area (Å²) in [4.78, 5) is 12.7. The fourth-order valence-electron chi connectivity index (χ4n) is 3.31. The highest BCUT2D eigenvalue weighted by atomic mass is 35.5. The summed E-state index contributed by atoms with van der Waals surface area (Å²) in [5.41, 5.74) is 0.903. The summed E-state index contributed by atoms with van der Waals surface area (Å²) < 4.78 is 32.9. The Morgan fingerprint density at radius 1 is 1.04 bits per heavy atom. The van der Waals surface area contributed by atoms with Crippen LogP contribution in [0.25, 0.3) is 0 Å². The average Bonchev–Trinajstić information content (AvgIpc) is 2.98. The van der Waals surface area contributed by atoms with Gasteiger partial charge in [-0.05, 0) is 44.0 Å². The Morgan fingerprint density at radius 3 is 2.39 bits per heavy atom. The SMILES string of the molecule is C[C@H](OC(=O)c1cccc(S(=O)(=O)N2CCCCCC2)c1)c1ccccc1Cl. The number of nitrogens with zero attached hydrogens (tertiary/aromatic N) is 1. The van der Waals surface area contributed by atoms with Crippen molar-refractivity contribution in [3.63, 3.8) is 0 Å². The lowest BCUT2D eigenvalue weighted by atomic mass is 10.1. The summed E-state index contributed by atoms with van der Waals surface area (Å²) in [7, 11) is -3.62. The van der Waals surface area contributed by atoms with Gasteiger partial charge in [-0.3, -0.25) is 0 Å². The fraction of sp³-hybridized carbons (Fsp3) is 0.381. The number of ether oxygens (including phenoxy) is 1. The smallest absolute Gasteiger partial charge is 0.338 e. The van der Waals surface area contributed by atoms with E-state index in [0.717, 1.165) is 25.7 Å². The number of rotatable bonds is 5. The number of esters is 1. The first kappa shape index (κ1) is 20.8. The first-order valence-electron chi connectivity index (χ1n) is 9.45. The molecule has 0 spiro atoms. The maximum atomic E-state index is 13.0. The zero-order valence-electron chi connectivity index (χ0n) is 15.8. The largest absolute Gasteiger partial charge is 0.454 e.